The molecule has 2 N–H and O–H groups in total. The second-order valence-electron chi connectivity index (χ2n) is 6.34. The lowest BCUT2D eigenvalue weighted by Crippen LogP contribution is -2.24. The average Bonchev–Trinajstić information content (AvgIpc) is 2.69. The van der Waals surface area contributed by atoms with Gasteiger partial charge in [-0.25, -0.2) is 12.8 Å². The molecule has 0 aliphatic rings. The zero-order chi connectivity index (χ0) is 20.9. The molecule has 0 atom stereocenters. The average molecular weight is 433 g/mol. The summed E-state index contributed by atoms with van der Waals surface area (Å²) in [6.45, 7) is 0.394. The normalized spacial score (nSPS) is 11.1. The molecule has 0 radical (unpaired) electrons. The Hall–Kier alpha value is -2.90. The van der Waals surface area contributed by atoms with E-state index in [0.717, 1.165) is 23.3 Å². The third-order valence-electron chi connectivity index (χ3n) is 4.10. The van der Waals surface area contributed by atoms with E-state index in [1.165, 1.54) is 12.1 Å². The van der Waals surface area contributed by atoms with Gasteiger partial charge in [-0.3, -0.25) is 9.52 Å². The zero-order valence-electron chi connectivity index (χ0n) is 15.2. The number of nitrogens with one attached hydrogen (secondary N) is 2. The van der Waals surface area contributed by atoms with Crippen molar-refractivity contribution in [2.75, 3.05) is 4.72 Å². The standard InChI is InChI=1S/C21H18ClFN2O3S/c22-17-5-1-16(2-6-17)14-24-21(26)13-15-3-9-19(10-4-15)25-29(27,28)20-11-7-18(23)8-12-20/h1-12,25H,13-14H2,(H,24,26). The van der Waals surface area contributed by atoms with E-state index in [9.17, 15) is 17.6 Å². The Kier molecular flexibility index (Phi) is 6.51. The summed E-state index contributed by atoms with van der Waals surface area (Å²) >= 11 is 5.83. The lowest BCUT2D eigenvalue weighted by Gasteiger charge is -2.09. The molecule has 8 heteroatoms. The van der Waals surface area contributed by atoms with Gasteiger partial charge in [-0.15, -0.1) is 0 Å². The van der Waals surface area contributed by atoms with E-state index < -0.39 is 15.8 Å². The summed E-state index contributed by atoms with van der Waals surface area (Å²) < 4.78 is 40.0. The summed E-state index contributed by atoms with van der Waals surface area (Å²) in [7, 11) is -3.81. The molecule has 0 fully saturated rings. The van der Waals surface area contributed by atoms with Gasteiger partial charge >= 0.3 is 0 Å². The molecule has 0 aromatic heterocycles. The van der Waals surface area contributed by atoms with Gasteiger partial charge in [0.05, 0.1) is 11.3 Å². The molecule has 0 unspecified atom stereocenters. The van der Waals surface area contributed by atoms with E-state index in [4.69, 9.17) is 11.6 Å². The van der Waals surface area contributed by atoms with Gasteiger partial charge in [0.1, 0.15) is 5.82 Å². The Morgan fingerprint density at radius 1 is 0.862 bits per heavy atom. The fraction of sp³-hybridized carbons (Fsp3) is 0.0952. The van der Waals surface area contributed by atoms with Crippen LogP contribution in [0.1, 0.15) is 11.1 Å². The Labute approximate surface area is 173 Å². The molecule has 3 aromatic rings. The Bertz CT molecular complexity index is 1080. The molecule has 0 aliphatic heterocycles. The van der Waals surface area contributed by atoms with Gasteiger partial charge in [-0.2, -0.15) is 0 Å². The summed E-state index contributed by atoms with van der Waals surface area (Å²) in [6.07, 6.45) is 0.165. The maximum atomic E-state index is 13.0. The first-order valence-electron chi connectivity index (χ1n) is 8.70. The van der Waals surface area contributed by atoms with Crippen molar-refractivity contribution < 1.29 is 17.6 Å². The van der Waals surface area contributed by atoms with Gasteiger partial charge < -0.3 is 5.32 Å². The van der Waals surface area contributed by atoms with Crippen LogP contribution in [0, 0.1) is 5.82 Å². The molecule has 0 spiro atoms. The number of benzene rings is 3. The molecule has 1 amide bonds. The monoisotopic (exact) mass is 432 g/mol. The van der Waals surface area contributed by atoms with Crippen molar-refractivity contribution in [1.82, 2.24) is 5.32 Å². The van der Waals surface area contributed by atoms with Crippen LogP contribution in [0.2, 0.25) is 5.02 Å². The number of sulfonamides is 1. The fourth-order valence-electron chi connectivity index (χ4n) is 2.57. The van der Waals surface area contributed by atoms with Gasteiger partial charge in [0.25, 0.3) is 10.0 Å². The Balaban J connectivity index is 1.56. The van der Waals surface area contributed by atoms with Crippen LogP contribution in [0.3, 0.4) is 0 Å². The molecule has 3 rings (SSSR count). The molecular weight excluding hydrogens is 415 g/mol. The van der Waals surface area contributed by atoms with Crippen molar-refractivity contribution in [3.05, 3.63) is 94.8 Å². The van der Waals surface area contributed by atoms with E-state index in [1.54, 1.807) is 36.4 Å². The highest BCUT2D eigenvalue weighted by Gasteiger charge is 2.14. The highest BCUT2D eigenvalue weighted by molar-refractivity contribution is 7.92. The number of halogens is 2. The minimum atomic E-state index is -3.81. The largest absolute Gasteiger partial charge is 0.352 e. The number of rotatable bonds is 7. The lowest BCUT2D eigenvalue weighted by atomic mass is 10.1. The van der Waals surface area contributed by atoms with Crippen LogP contribution in [-0.2, 0) is 27.8 Å². The second-order valence-corrected chi connectivity index (χ2v) is 8.46. The van der Waals surface area contributed by atoms with Crippen LogP contribution in [0.5, 0.6) is 0 Å². The molecule has 0 heterocycles. The predicted octanol–water partition coefficient (Wildman–Crippen LogP) is 4.14. The summed E-state index contributed by atoms with van der Waals surface area (Å²) in [5.74, 6) is -0.665. The van der Waals surface area contributed by atoms with Crippen molar-refractivity contribution in [3.63, 3.8) is 0 Å². The minimum absolute atomic E-state index is 0.0375. The van der Waals surface area contributed by atoms with Crippen molar-refractivity contribution in [2.24, 2.45) is 0 Å². The van der Waals surface area contributed by atoms with Crippen LogP contribution in [-0.4, -0.2) is 14.3 Å². The minimum Gasteiger partial charge on any atom is -0.352 e. The van der Waals surface area contributed by atoms with Crippen LogP contribution in [0.4, 0.5) is 10.1 Å². The molecule has 29 heavy (non-hydrogen) atoms. The predicted molar refractivity (Wildman–Crippen MR) is 111 cm³/mol. The van der Waals surface area contributed by atoms with Crippen molar-refractivity contribution in [2.45, 2.75) is 17.9 Å². The second kappa shape index (κ2) is 9.07. The lowest BCUT2D eigenvalue weighted by molar-refractivity contribution is -0.120. The first-order valence-corrected chi connectivity index (χ1v) is 10.6. The van der Waals surface area contributed by atoms with E-state index >= 15 is 0 Å². The Morgan fingerprint density at radius 3 is 2.07 bits per heavy atom. The van der Waals surface area contributed by atoms with Gasteiger partial charge in [-0.1, -0.05) is 35.9 Å². The molecule has 0 bridgehead atoms. The summed E-state index contributed by atoms with van der Waals surface area (Å²) in [6, 6.07) is 18.2. The van der Waals surface area contributed by atoms with Gasteiger partial charge in [0.15, 0.2) is 0 Å². The van der Waals surface area contributed by atoms with E-state index in [1.807, 2.05) is 12.1 Å². The number of carbonyl (C=O) groups is 1. The number of carbonyl (C=O) groups excluding carboxylic acids is 1. The number of anilines is 1. The van der Waals surface area contributed by atoms with Gasteiger partial charge in [0.2, 0.25) is 5.91 Å². The molecule has 3 aromatic carbocycles. The topological polar surface area (TPSA) is 75.3 Å². The zero-order valence-corrected chi connectivity index (χ0v) is 16.8. The molecule has 0 saturated heterocycles. The summed E-state index contributed by atoms with van der Waals surface area (Å²) in [5.41, 5.74) is 2.02. The Morgan fingerprint density at radius 2 is 1.45 bits per heavy atom. The maximum Gasteiger partial charge on any atom is 0.261 e. The highest BCUT2D eigenvalue weighted by atomic mass is 35.5. The summed E-state index contributed by atoms with van der Waals surface area (Å²) in [5, 5.41) is 3.46. The van der Waals surface area contributed by atoms with E-state index in [-0.39, 0.29) is 17.2 Å². The number of hydrogen-bond acceptors (Lipinski definition) is 3. The molecule has 5 nitrogen and oxygen atoms in total. The fourth-order valence-corrected chi connectivity index (χ4v) is 3.75. The van der Waals surface area contributed by atoms with Crippen LogP contribution < -0.4 is 10.0 Å². The third kappa shape index (κ3) is 6.04. The SMILES string of the molecule is O=C(Cc1ccc(NS(=O)(=O)c2ccc(F)cc2)cc1)NCc1ccc(Cl)cc1. The van der Waals surface area contributed by atoms with E-state index in [2.05, 4.69) is 10.0 Å². The molecule has 0 saturated carbocycles. The van der Waals surface area contributed by atoms with Gasteiger partial charge in [-0.05, 0) is 59.7 Å². The first-order chi connectivity index (χ1) is 13.8. The van der Waals surface area contributed by atoms with Crippen LogP contribution >= 0.6 is 11.6 Å². The van der Waals surface area contributed by atoms with E-state index in [0.29, 0.717) is 17.3 Å². The number of amides is 1. The quantitative estimate of drug-likeness (QED) is 0.589. The van der Waals surface area contributed by atoms with Crippen molar-refractivity contribution >= 4 is 33.2 Å². The van der Waals surface area contributed by atoms with Gasteiger partial charge in [0, 0.05) is 17.3 Å². The highest BCUT2D eigenvalue weighted by Crippen LogP contribution is 2.17. The number of hydrogen-bond donors (Lipinski definition) is 2. The van der Waals surface area contributed by atoms with Crippen LogP contribution in [0.15, 0.2) is 77.7 Å². The van der Waals surface area contributed by atoms with Crippen LogP contribution in [0.25, 0.3) is 0 Å². The first kappa shape index (κ1) is 20.8. The smallest absolute Gasteiger partial charge is 0.261 e. The van der Waals surface area contributed by atoms with Crippen molar-refractivity contribution in [1.29, 1.82) is 0 Å². The summed E-state index contributed by atoms with van der Waals surface area (Å²) in [4.78, 5) is 12.1. The molecular formula is C21H18ClFN2O3S. The molecule has 0 aliphatic carbocycles. The van der Waals surface area contributed by atoms with Crippen molar-refractivity contribution in [3.8, 4) is 0 Å². The maximum absolute atomic E-state index is 13.0. The third-order valence-corrected chi connectivity index (χ3v) is 5.75. The molecule has 150 valence electrons.